The van der Waals surface area contributed by atoms with E-state index in [0.717, 1.165) is 11.1 Å². The van der Waals surface area contributed by atoms with Gasteiger partial charge in [-0.25, -0.2) is 14.4 Å². The predicted molar refractivity (Wildman–Crippen MR) is 119 cm³/mol. The maximum atomic E-state index is 13.8. The summed E-state index contributed by atoms with van der Waals surface area (Å²) in [6.45, 7) is 1.87. The molecular weight excluding hydrogens is 417 g/mol. The molecule has 1 aromatic heterocycles. The number of halogens is 2. The lowest BCUT2D eigenvalue weighted by Gasteiger charge is -2.15. The van der Waals surface area contributed by atoms with Gasteiger partial charge in [0, 0.05) is 27.8 Å². The molecule has 5 nitrogen and oxygen atoms in total. The fourth-order valence-electron chi connectivity index (χ4n) is 3.33. The molecule has 0 aliphatic rings. The number of aromatic nitrogens is 2. The lowest BCUT2D eigenvalue weighted by Crippen LogP contribution is -2.03. The summed E-state index contributed by atoms with van der Waals surface area (Å²) >= 11 is 6.02. The van der Waals surface area contributed by atoms with E-state index in [4.69, 9.17) is 22.1 Å². The van der Waals surface area contributed by atoms with Gasteiger partial charge in [-0.2, -0.15) is 0 Å². The van der Waals surface area contributed by atoms with Gasteiger partial charge in [0.05, 0.1) is 11.4 Å². The predicted octanol–water partition coefficient (Wildman–Crippen LogP) is 5.78. The van der Waals surface area contributed by atoms with Gasteiger partial charge in [0.15, 0.2) is 0 Å². The number of hydrogen-bond acceptors (Lipinski definition) is 5. The number of nitrogen functional groups attached to an aromatic ring is 1. The molecule has 0 amide bonds. The number of nitrogens with two attached hydrogens (primary N) is 1. The summed E-state index contributed by atoms with van der Waals surface area (Å²) in [5.74, 6) is 0.113. The van der Waals surface area contributed by atoms with Gasteiger partial charge in [0.25, 0.3) is 0 Å². The van der Waals surface area contributed by atoms with E-state index < -0.39 is 0 Å². The van der Waals surface area contributed by atoms with Crippen molar-refractivity contribution in [2.45, 2.75) is 13.5 Å². The molecule has 0 radical (unpaired) electrons. The topological polar surface area (TPSA) is 81.3 Å². The van der Waals surface area contributed by atoms with E-state index in [9.17, 15) is 9.50 Å². The highest BCUT2D eigenvalue weighted by atomic mass is 35.5. The van der Waals surface area contributed by atoms with E-state index in [-0.39, 0.29) is 24.1 Å². The highest BCUT2D eigenvalue weighted by Gasteiger charge is 2.18. The SMILES string of the molecule is Cc1nc(N)nc(-c2ccc(OCc3ccccc3F)cc2O)c1-c1ccc(Cl)cc1. The van der Waals surface area contributed by atoms with Crippen molar-refractivity contribution in [1.29, 1.82) is 0 Å². The van der Waals surface area contributed by atoms with Gasteiger partial charge in [-0.15, -0.1) is 0 Å². The second-order valence-electron chi connectivity index (χ2n) is 6.96. The lowest BCUT2D eigenvalue weighted by molar-refractivity contribution is 0.298. The number of phenolic OH excluding ortho intramolecular Hbond substituents is 1. The quantitative estimate of drug-likeness (QED) is 0.415. The molecule has 0 saturated carbocycles. The molecule has 0 bridgehead atoms. The first kappa shape index (κ1) is 20.6. The zero-order valence-corrected chi connectivity index (χ0v) is 17.4. The summed E-state index contributed by atoms with van der Waals surface area (Å²) in [6.07, 6.45) is 0. The fraction of sp³-hybridized carbons (Fsp3) is 0.0833. The number of aryl methyl sites for hydroxylation is 1. The summed E-state index contributed by atoms with van der Waals surface area (Å²) in [5.41, 5.74) is 9.53. The Labute approximate surface area is 183 Å². The molecular formula is C24H19ClFN3O2. The van der Waals surface area contributed by atoms with E-state index in [2.05, 4.69) is 9.97 Å². The first-order valence-electron chi connectivity index (χ1n) is 9.52. The summed E-state index contributed by atoms with van der Waals surface area (Å²) in [5, 5.41) is 11.3. The van der Waals surface area contributed by atoms with Crippen molar-refractivity contribution in [2.75, 3.05) is 5.73 Å². The van der Waals surface area contributed by atoms with Crippen LogP contribution in [-0.2, 0) is 6.61 Å². The van der Waals surface area contributed by atoms with Crippen LogP contribution >= 0.6 is 11.6 Å². The summed E-state index contributed by atoms with van der Waals surface area (Å²) in [6, 6.07) is 18.5. The number of hydrogen-bond donors (Lipinski definition) is 2. The van der Waals surface area contributed by atoms with Gasteiger partial charge >= 0.3 is 0 Å². The average Bonchev–Trinajstić information content (AvgIpc) is 2.74. The third-order valence-electron chi connectivity index (χ3n) is 4.82. The van der Waals surface area contributed by atoms with Gasteiger partial charge in [0.1, 0.15) is 23.9 Å². The molecule has 31 heavy (non-hydrogen) atoms. The number of benzene rings is 3. The maximum Gasteiger partial charge on any atom is 0.220 e. The molecule has 4 rings (SSSR count). The zero-order valence-electron chi connectivity index (χ0n) is 16.6. The standard InChI is InChI=1S/C24H19ClFN3O2/c1-14-22(15-6-8-17(25)9-7-15)23(29-24(27)28-14)19-11-10-18(12-21(19)30)31-13-16-4-2-3-5-20(16)26/h2-12,30H,13H2,1H3,(H2,27,28,29). The highest BCUT2D eigenvalue weighted by Crippen LogP contribution is 2.39. The highest BCUT2D eigenvalue weighted by molar-refractivity contribution is 6.30. The molecule has 3 aromatic carbocycles. The van der Waals surface area contributed by atoms with Crippen molar-refractivity contribution < 1.29 is 14.2 Å². The van der Waals surface area contributed by atoms with E-state index in [1.165, 1.54) is 12.1 Å². The van der Waals surface area contributed by atoms with Crippen LogP contribution in [0.15, 0.2) is 66.7 Å². The molecule has 0 aliphatic heterocycles. The van der Waals surface area contributed by atoms with Crippen LogP contribution in [0, 0.1) is 12.7 Å². The van der Waals surface area contributed by atoms with Gasteiger partial charge in [-0.1, -0.05) is 41.9 Å². The Morgan fingerprint density at radius 1 is 1.03 bits per heavy atom. The molecule has 3 N–H and O–H groups in total. The molecule has 1 heterocycles. The largest absolute Gasteiger partial charge is 0.507 e. The van der Waals surface area contributed by atoms with Crippen molar-refractivity contribution in [3.63, 3.8) is 0 Å². The third-order valence-corrected chi connectivity index (χ3v) is 5.07. The number of phenols is 1. The van der Waals surface area contributed by atoms with Gasteiger partial charge in [0.2, 0.25) is 5.95 Å². The summed E-state index contributed by atoms with van der Waals surface area (Å²) in [7, 11) is 0. The number of ether oxygens (including phenoxy) is 1. The van der Waals surface area contributed by atoms with Crippen LogP contribution in [0.4, 0.5) is 10.3 Å². The van der Waals surface area contributed by atoms with E-state index >= 15 is 0 Å². The van der Waals surface area contributed by atoms with Crippen molar-refractivity contribution in [3.05, 3.63) is 88.8 Å². The summed E-state index contributed by atoms with van der Waals surface area (Å²) in [4.78, 5) is 8.65. The lowest BCUT2D eigenvalue weighted by atomic mass is 9.97. The van der Waals surface area contributed by atoms with Crippen LogP contribution in [0.3, 0.4) is 0 Å². The normalized spacial score (nSPS) is 10.8. The fourth-order valence-corrected chi connectivity index (χ4v) is 3.46. The molecule has 0 atom stereocenters. The van der Waals surface area contributed by atoms with Gasteiger partial charge < -0.3 is 15.6 Å². The van der Waals surface area contributed by atoms with Crippen LogP contribution < -0.4 is 10.5 Å². The second kappa shape index (κ2) is 8.62. The minimum Gasteiger partial charge on any atom is -0.507 e. The summed E-state index contributed by atoms with van der Waals surface area (Å²) < 4.78 is 19.4. The minimum atomic E-state index is -0.345. The third kappa shape index (κ3) is 4.44. The molecule has 0 saturated heterocycles. The Morgan fingerprint density at radius 2 is 1.77 bits per heavy atom. The van der Waals surface area contributed by atoms with Crippen LogP contribution in [0.5, 0.6) is 11.5 Å². The van der Waals surface area contributed by atoms with Crippen molar-refractivity contribution >= 4 is 17.5 Å². The smallest absolute Gasteiger partial charge is 0.220 e. The zero-order chi connectivity index (χ0) is 22.0. The van der Waals surface area contributed by atoms with Gasteiger partial charge in [-0.3, -0.25) is 0 Å². The number of nitrogens with zero attached hydrogens (tertiary/aromatic N) is 2. The molecule has 0 unspecified atom stereocenters. The Balaban J connectivity index is 1.70. The molecule has 0 aliphatic carbocycles. The Kier molecular flexibility index (Phi) is 5.73. The van der Waals surface area contributed by atoms with Crippen molar-refractivity contribution in [3.8, 4) is 33.9 Å². The van der Waals surface area contributed by atoms with Crippen LogP contribution in [0.1, 0.15) is 11.3 Å². The van der Waals surface area contributed by atoms with Gasteiger partial charge in [-0.05, 0) is 42.8 Å². The van der Waals surface area contributed by atoms with E-state index in [1.807, 2.05) is 19.1 Å². The Bertz CT molecular complexity index is 1250. The Morgan fingerprint density at radius 3 is 2.48 bits per heavy atom. The van der Waals surface area contributed by atoms with Crippen molar-refractivity contribution in [1.82, 2.24) is 9.97 Å². The Hall–Kier alpha value is -3.64. The van der Waals surface area contributed by atoms with E-state index in [1.54, 1.807) is 42.5 Å². The molecule has 7 heteroatoms. The van der Waals surface area contributed by atoms with Crippen LogP contribution in [0.2, 0.25) is 5.02 Å². The number of aromatic hydroxyl groups is 1. The second-order valence-corrected chi connectivity index (χ2v) is 7.39. The average molecular weight is 436 g/mol. The van der Waals surface area contributed by atoms with E-state index in [0.29, 0.717) is 33.3 Å². The van der Waals surface area contributed by atoms with Crippen LogP contribution in [0.25, 0.3) is 22.4 Å². The first-order valence-corrected chi connectivity index (χ1v) is 9.90. The van der Waals surface area contributed by atoms with Crippen molar-refractivity contribution in [2.24, 2.45) is 0 Å². The molecule has 0 fully saturated rings. The number of rotatable bonds is 5. The molecule has 156 valence electrons. The first-order chi connectivity index (χ1) is 14.9. The maximum absolute atomic E-state index is 13.8. The minimum absolute atomic E-state index is 0.0427. The monoisotopic (exact) mass is 435 g/mol. The number of anilines is 1. The molecule has 0 spiro atoms. The van der Waals surface area contributed by atoms with Crippen LogP contribution in [-0.4, -0.2) is 15.1 Å². The molecule has 4 aromatic rings.